The number of sulfonamides is 1. The lowest BCUT2D eigenvalue weighted by Crippen LogP contribution is -2.30. The monoisotopic (exact) mass is 495 g/mol. The van der Waals surface area contributed by atoms with E-state index in [4.69, 9.17) is 14.6 Å². The third-order valence-electron chi connectivity index (χ3n) is 4.20. The van der Waals surface area contributed by atoms with Crippen molar-refractivity contribution in [3.05, 3.63) is 54.1 Å². The molecule has 2 aromatic carbocycles. The molecule has 1 unspecified atom stereocenters. The highest BCUT2D eigenvalue weighted by molar-refractivity contribution is 8.00. The summed E-state index contributed by atoms with van der Waals surface area (Å²) in [5, 5.41) is 10.3. The van der Waals surface area contributed by atoms with Gasteiger partial charge in [-0.25, -0.2) is 18.4 Å². The van der Waals surface area contributed by atoms with Gasteiger partial charge in [-0.05, 0) is 43.3 Å². The van der Waals surface area contributed by atoms with Crippen LogP contribution in [0.1, 0.15) is 17.3 Å². The molecule has 0 aliphatic carbocycles. The summed E-state index contributed by atoms with van der Waals surface area (Å²) >= 11 is 1.17. The van der Waals surface area contributed by atoms with Gasteiger partial charge >= 0.3 is 5.97 Å². The summed E-state index contributed by atoms with van der Waals surface area (Å²) in [7, 11) is -2.31. The second-order valence-corrected chi connectivity index (χ2v) is 9.31. The molecule has 33 heavy (non-hydrogen) atoms. The number of hydrogen-bond acceptors (Lipinski definition) is 8. The molecule has 2 amide bonds. The Kier molecular flexibility index (Phi) is 9.85. The van der Waals surface area contributed by atoms with Crippen LogP contribution in [0.4, 0.5) is 5.69 Å². The molecular formula is C21H25N3O7S2. The van der Waals surface area contributed by atoms with Crippen molar-refractivity contribution in [1.82, 2.24) is 5.32 Å². The maximum atomic E-state index is 12.6. The topological polar surface area (TPSA) is 154 Å². The molecule has 0 spiro atoms. The molecule has 1 atom stereocenters. The number of hydrogen-bond donors (Lipinski definition) is 3. The Morgan fingerprint density at radius 1 is 1.09 bits per heavy atom. The van der Waals surface area contributed by atoms with E-state index in [0.29, 0.717) is 23.7 Å². The van der Waals surface area contributed by atoms with E-state index in [1.165, 1.54) is 50.1 Å². The minimum atomic E-state index is -3.85. The van der Waals surface area contributed by atoms with Crippen molar-refractivity contribution in [1.29, 1.82) is 0 Å². The normalized spacial score (nSPS) is 12.0. The molecule has 178 valence electrons. The Labute approximate surface area is 196 Å². The van der Waals surface area contributed by atoms with Gasteiger partial charge in [0, 0.05) is 24.2 Å². The lowest BCUT2D eigenvalue weighted by atomic mass is 10.2. The van der Waals surface area contributed by atoms with Gasteiger partial charge in [-0.2, -0.15) is 0 Å². The molecule has 0 bridgehead atoms. The zero-order valence-corrected chi connectivity index (χ0v) is 19.7. The minimum absolute atomic E-state index is 0.0958. The van der Waals surface area contributed by atoms with Gasteiger partial charge in [0.1, 0.15) is 0 Å². The summed E-state index contributed by atoms with van der Waals surface area (Å²) in [6.07, 6.45) is -1.13. The van der Waals surface area contributed by atoms with Crippen LogP contribution >= 0.6 is 11.8 Å². The zero-order chi connectivity index (χ0) is 24.4. The predicted molar refractivity (Wildman–Crippen MR) is 123 cm³/mol. The molecule has 0 fully saturated rings. The van der Waals surface area contributed by atoms with Gasteiger partial charge in [0.05, 0.1) is 22.8 Å². The van der Waals surface area contributed by atoms with Crippen LogP contribution in [0.2, 0.25) is 0 Å². The zero-order valence-electron chi connectivity index (χ0n) is 18.1. The predicted octanol–water partition coefficient (Wildman–Crippen LogP) is 1.37. The number of nitrogens with two attached hydrogens (primary N) is 1. The molecule has 0 saturated carbocycles. The smallest absolute Gasteiger partial charge is 0.340 e. The van der Waals surface area contributed by atoms with Gasteiger partial charge in [-0.3, -0.25) is 9.59 Å². The molecule has 0 radical (unpaired) electrons. The number of rotatable bonds is 11. The molecule has 12 heteroatoms. The van der Waals surface area contributed by atoms with Crippen molar-refractivity contribution in [3.8, 4) is 0 Å². The summed E-state index contributed by atoms with van der Waals surface area (Å²) in [5.41, 5.74) is 0.537. The van der Waals surface area contributed by atoms with Crippen LogP contribution in [0, 0.1) is 0 Å². The first-order valence-corrected chi connectivity index (χ1v) is 12.3. The summed E-state index contributed by atoms with van der Waals surface area (Å²) in [6.45, 7) is 2.19. The molecule has 0 saturated heterocycles. The summed E-state index contributed by atoms with van der Waals surface area (Å²) in [6, 6.07) is 11.8. The molecule has 2 aromatic rings. The van der Waals surface area contributed by atoms with E-state index >= 15 is 0 Å². The average Bonchev–Trinajstić information content (AvgIpc) is 2.77. The van der Waals surface area contributed by atoms with Gasteiger partial charge < -0.3 is 20.1 Å². The first kappa shape index (κ1) is 26.3. The van der Waals surface area contributed by atoms with E-state index in [-0.39, 0.29) is 22.1 Å². The molecule has 0 aromatic heterocycles. The summed E-state index contributed by atoms with van der Waals surface area (Å²) in [4.78, 5) is 37.4. The number of anilines is 1. The molecule has 2 rings (SSSR count). The number of benzene rings is 2. The molecule has 0 heterocycles. The lowest BCUT2D eigenvalue weighted by Gasteiger charge is -2.15. The van der Waals surface area contributed by atoms with Crippen LogP contribution in [0.5, 0.6) is 0 Å². The van der Waals surface area contributed by atoms with E-state index in [2.05, 4.69) is 10.6 Å². The number of nitrogens with one attached hydrogen (secondary N) is 2. The fraction of sp³-hybridized carbons (Fsp3) is 0.286. The maximum Gasteiger partial charge on any atom is 0.340 e. The quantitative estimate of drug-likeness (QED) is 0.240. The Morgan fingerprint density at radius 2 is 1.76 bits per heavy atom. The van der Waals surface area contributed by atoms with Crippen LogP contribution in [0.15, 0.2) is 58.3 Å². The van der Waals surface area contributed by atoms with Gasteiger partial charge in [-0.1, -0.05) is 12.1 Å². The first-order chi connectivity index (χ1) is 15.6. The van der Waals surface area contributed by atoms with E-state index in [1.54, 1.807) is 24.3 Å². The lowest BCUT2D eigenvalue weighted by molar-refractivity contribution is -0.123. The molecule has 10 nitrogen and oxygen atoms in total. The van der Waals surface area contributed by atoms with Crippen molar-refractivity contribution in [2.75, 3.05) is 31.3 Å². The highest BCUT2D eigenvalue weighted by Gasteiger charge is 2.21. The van der Waals surface area contributed by atoms with Crippen molar-refractivity contribution >= 4 is 45.3 Å². The summed E-state index contributed by atoms with van der Waals surface area (Å²) in [5.74, 6) is -1.43. The number of amides is 2. The molecule has 0 aliphatic rings. The number of carbonyl (C=O) groups is 3. The van der Waals surface area contributed by atoms with Crippen LogP contribution in [-0.4, -0.2) is 58.3 Å². The SMILES string of the molecule is COCCNC(=O)CSc1ccccc1C(=O)OC(C)C(=O)Nc1ccc(S(N)(=O)=O)cc1. The van der Waals surface area contributed by atoms with Gasteiger partial charge in [0.25, 0.3) is 5.91 Å². The number of thioether (sulfide) groups is 1. The van der Waals surface area contributed by atoms with Crippen molar-refractivity contribution in [2.45, 2.75) is 22.8 Å². The van der Waals surface area contributed by atoms with Crippen molar-refractivity contribution in [3.63, 3.8) is 0 Å². The average molecular weight is 496 g/mol. The van der Waals surface area contributed by atoms with Crippen LogP contribution in [-0.2, 0) is 29.1 Å². The number of ether oxygens (including phenoxy) is 2. The summed E-state index contributed by atoms with van der Waals surface area (Å²) < 4.78 is 32.8. The second-order valence-electron chi connectivity index (χ2n) is 6.73. The Hall–Kier alpha value is -2.93. The second kappa shape index (κ2) is 12.3. The largest absolute Gasteiger partial charge is 0.449 e. The third kappa shape index (κ3) is 8.50. The van der Waals surface area contributed by atoms with E-state index in [9.17, 15) is 22.8 Å². The van der Waals surface area contributed by atoms with Crippen LogP contribution in [0.3, 0.4) is 0 Å². The van der Waals surface area contributed by atoms with Crippen molar-refractivity contribution < 1.29 is 32.3 Å². The molecule has 4 N–H and O–H groups in total. The maximum absolute atomic E-state index is 12.6. The highest BCUT2D eigenvalue weighted by Crippen LogP contribution is 2.23. The van der Waals surface area contributed by atoms with Gasteiger partial charge in [-0.15, -0.1) is 11.8 Å². The number of carbonyl (C=O) groups excluding carboxylic acids is 3. The van der Waals surface area contributed by atoms with Crippen molar-refractivity contribution in [2.24, 2.45) is 5.14 Å². The number of esters is 1. The third-order valence-corrected chi connectivity index (χ3v) is 6.20. The van der Waals surface area contributed by atoms with E-state index in [0.717, 1.165) is 0 Å². The van der Waals surface area contributed by atoms with E-state index < -0.39 is 28.0 Å². The van der Waals surface area contributed by atoms with Gasteiger partial charge in [0.2, 0.25) is 15.9 Å². The Balaban J connectivity index is 1.96. The number of primary sulfonamides is 1. The molecular weight excluding hydrogens is 470 g/mol. The minimum Gasteiger partial charge on any atom is -0.449 e. The highest BCUT2D eigenvalue weighted by atomic mass is 32.2. The number of methoxy groups -OCH3 is 1. The molecule has 0 aliphatic heterocycles. The van der Waals surface area contributed by atoms with Gasteiger partial charge in [0.15, 0.2) is 6.10 Å². The fourth-order valence-electron chi connectivity index (χ4n) is 2.50. The van der Waals surface area contributed by atoms with E-state index in [1.807, 2.05) is 0 Å². The van der Waals surface area contributed by atoms with Crippen LogP contribution < -0.4 is 15.8 Å². The Bertz CT molecular complexity index is 1090. The standard InChI is InChI=1S/C21H25N3O7S2/c1-14(20(26)24-15-7-9-16(10-8-15)33(22,28)29)31-21(27)17-5-3-4-6-18(17)32-13-19(25)23-11-12-30-2/h3-10,14H,11-13H2,1-2H3,(H,23,25)(H,24,26)(H2,22,28,29). The fourth-order valence-corrected chi connectivity index (χ4v) is 3.88. The Morgan fingerprint density at radius 3 is 2.39 bits per heavy atom. The van der Waals surface area contributed by atoms with Crippen LogP contribution in [0.25, 0.3) is 0 Å². The first-order valence-electron chi connectivity index (χ1n) is 9.74.